The fourth-order valence-electron chi connectivity index (χ4n) is 1.28. The Morgan fingerprint density at radius 3 is 3.00 bits per heavy atom. The molecule has 0 saturated heterocycles. The van der Waals surface area contributed by atoms with Crippen LogP contribution in [0.4, 0.5) is 0 Å². The third-order valence-corrected chi connectivity index (χ3v) is 3.27. The summed E-state index contributed by atoms with van der Waals surface area (Å²) in [5.41, 5.74) is 1.18. The van der Waals surface area contributed by atoms with Crippen LogP contribution in [0, 0.1) is 0 Å². The van der Waals surface area contributed by atoms with Gasteiger partial charge in [0.15, 0.2) is 5.06 Å². The van der Waals surface area contributed by atoms with E-state index in [-0.39, 0.29) is 0 Å². The number of nitrogens with zero attached hydrogens (tertiary/aromatic N) is 1. The number of ether oxygens (including phenoxy) is 1. The Morgan fingerprint density at radius 1 is 1.50 bits per heavy atom. The van der Waals surface area contributed by atoms with Gasteiger partial charge in [0.05, 0.1) is 17.3 Å². The standard InChI is InChI=1S/C9H13NOS/c1-6(2)8-10-7-4-3-5-11-9(7)12-8/h6H,3-5H2,1-2H3. The van der Waals surface area contributed by atoms with Gasteiger partial charge < -0.3 is 4.74 Å². The van der Waals surface area contributed by atoms with E-state index >= 15 is 0 Å². The lowest BCUT2D eigenvalue weighted by atomic mass is 10.2. The number of fused-ring (bicyclic) bond motifs is 1. The van der Waals surface area contributed by atoms with Crippen LogP contribution in [0.25, 0.3) is 0 Å². The van der Waals surface area contributed by atoms with Crippen molar-refractivity contribution in [2.45, 2.75) is 32.6 Å². The first-order valence-corrected chi connectivity index (χ1v) is 5.21. The Morgan fingerprint density at radius 2 is 2.33 bits per heavy atom. The van der Waals surface area contributed by atoms with Crippen molar-refractivity contribution in [3.8, 4) is 5.06 Å². The summed E-state index contributed by atoms with van der Waals surface area (Å²) in [6.45, 7) is 5.21. The molecule has 66 valence electrons. The fourth-order valence-corrected chi connectivity index (χ4v) is 2.27. The average Bonchev–Trinajstić information content (AvgIpc) is 2.46. The highest BCUT2D eigenvalue weighted by Crippen LogP contribution is 2.34. The van der Waals surface area contributed by atoms with Crippen molar-refractivity contribution >= 4 is 11.3 Å². The van der Waals surface area contributed by atoms with Gasteiger partial charge in [-0.05, 0) is 12.8 Å². The van der Waals surface area contributed by atoms with Crippen LogP contribution in [0.5, 0.6) is 5.06 Å². The summed E-state index contributed by atoms with van der Waals surface area (Å²) < 4.78 is 5.51. The van der Waals surface area contributed by atoms with Gasteiger partial charge in [0, 0.05) is 5.92 Å². The Kier molecular flexibility index (Phi) is 2.05. The summed E-state index contributed by atoms with van der Waals surface area (Å²) in [6.07, 6.45) is 2.22. The van der Waals surface area contributed by atoms with Gasteiger partial charge in [-0.15, -0.1) is 0 Å². The molecule has 0 fully saturated rings. The van der Waals surface area contributed by atoms with Gasteiger partial charge in [0.25, 0.3) is 0 Å². The van der Waals surface area contributed by atoms with Gasteiger partial charge in [0.1, 0.15) is 0 Å². The van der Waals surface area contributed by atoms with E-state index in [2.05, 4.69) is 18.8 Å². The number of rotatable bonds is 1. The van der Waals surface area contributed by atoms with Gasteiger partial charge >= 0.3 is 0 Å². The molecule has 2 nitrogen and oxygen atoms in total. The summed E-state index contributed by atoms with van der Waals surface area (Å²) in [4.78, 5) is 4.54. The second-order valence-electron chi connectivity index (χ2n) is 3.39. The van der Waals surface area contributed by atoms with E-state index in [0.29, 0.717) is 5.92 Å². The third kappa shape index (κ3) is 1.33. The molecule has 0 spiro atoms. The number of aryl methyl sites for hydroxylation is 1. The smallest absolute Gasteiger partial charge is 0.197 e. The second-order valence-corrected chi connectivity index (χ2v) is 4.39. The van der Waals surface area contributed by atoms with Crippen LogP contribution in [-0.4, -0.2) is 11.6 Å². The molecule has 0 aliphatic carbocycles. The van der Waals surface area contributed by atoms with E-state index in [1.807, 2.05) is 0 Å². The zero-order valence-corrected chi connectivity index (χ0v) is 8.28. The summed E-state index contributed by atoms with van der Waals surface area (Å²) in [5, 5.41) is 2.27. The molecule has 1 aliphatic rings. The SMILES string of the molecule is CC(C)c1nc2c(s1)OCCC2. The van der Waals surface area contributed by atoms with Crippen LogP contribution in [0.2, 0.25) is 0 Å². The molecule has 12 heavy (non-hydrogen) atoms. The Hall–Kier alpha value is -0.570. The van der Waals surface area contributed by atoms with Crippen LogP contribution in [0.15, 0.2) is 0 Å². The van der Waals surface area contributed by atoms with E-state index in [4.69, 9.17) is 4.74 Å². The highest BCUT2D eigenvalue weighted by Gasteiger charge is 2.17. The van der Waals surface area contributed by atoms with Crippen molar-refractivity contribution < 1.29 is 4.74 Å². The van der Waals surface area contributed by atoms with Gasteiger partial charge in [0.2, 0.25) is 0 Å². The maximum atomic E-state index is 5.51. The molecule has 2 heterocycles. The topological polar surface area (TPSA) is 22.1 Å². The molecule has 0 amide bonds. The number of thiazole rings is 1. The first kappa shape index (κ1) is 8.05. The lowest BCUT2D eigenvalue weighted by Crippen LogP contribution is -2.06. The summed E-state index contributed by atoms with van der Waals surface area (Å²) in [6, 6.07) is 0. The molecule has 3 heteroatoms. The molecule has 0 atom stereocenters. The minimum Gasteiger partial charge on any atom is -0.483 e. The van der Waals surface area contributed by atoms with Crippen LogP contribution < -0.4 is 4.74 Å². The lowest BCUT2D eigenvalue weighted by molar-refractivity contribution is 0.295. The molecular weight excluding hydrogens is 170 g/mol. The number of hydrogen-bond acceptors (Lipinski definition) is 3. The predicted molar refractivity (Wildman–Crippen MR) is 50.0 cm³/mol. The van der Waals surface area contributed by atoms with E-state index in [9.17, 15) is 0 Å². The molecular formula is C9H13NOS. The average molecular weight is 183 g/mol. The molecule has 1 aliphatic heterocycles. The van der Waals surface area contributed by atoms with Crippen LogP contribution in [-0.2, 0) is 6.42 Å². The Bertz CT molecular complexity index is 257. The molecule has 1 aromatic rings. The first-order chi connectivity index (χ1) is 5.77. The number of aromatic nitrogens is 1. The Labute approximate surface area is 76.6 Å². The lowest BCUT2D eigenvalue weighted by Gasteiger charge is -2.09. The van der Waals surface area contributed by atoms with Crippen molar-refractivity contribution in [2.24, 2.45) is 0 Å². The highest BCUT2D eigenvalue weighted by atomic mass is 32.1. The minimum absolute atomic E-state index is 0.532. The molecule has 2 rings (SSSR count). The molecule has 1 aromatic heterocycles. The maximum Gasteiger partial charge on any atom is 0.197 e. The van der Waals surface area contributed by atoms with Crippen LogP contribution in [0.3, 0.4) is 0 Å². The summed E-state index contributed by atoms with van der Waals surface area (Å²) in [5.74, 6) is 0.532. The van der Waals surface area contributed by atoms with Gasteiger partial charge in [-0.3, -0.25) is 0 Å². The molecule has 0 radical (unpaired) electrons. The van der Waals surface area contributed by atoms with E-state index in [1.54, 1.807) is 11.3 Å². The minimum atomic E-state index is 0.532. The first-order valence-electron chi connectivity index (χ1n) is 4.40. The normalized spacial score (nSPS) is 15.9. The molecule has 0 bridgehead atoms. The predicted octanol–water partition coefficient (Wildman–Crippen LogP) is 2.59. The summed E-state index contributed by atoms with van der Waals surface area (Å²) >= 11 is 1.71. The zero-order chi connectivity index (χ0) is 8.55. The van der Waals surface area contributed by atoms with Crippen molar-refractivity contribution in [2.75, 3.05) is 6.61 Å². The Balaban J connectivity index is 2.32. The molecule has 0 N–H and O–H groups in total. The van der Waals surface area contributed by atoms with Gasteiger partial charge in [-0.25, -0.2) is 4.98 Å². The third-order valence-electron chi connectivity index (χ3n) is 1.96. The maximum absolute atomic E-state index is 5.51. The van der Waals surface area contributed by atoms with Gasteiger partial charge in [-0.1, -0.05) is 25.2 Å². The van der Waals surface area contributed by atoms with Crippen molar-refractivity contribution in [1.82, 2.24) is 4.98 Å². The largest absolute Gasteiger partial charge is 0.483 e. The van der Waals surface area contributed by atoms with Crippen LogP contribution >= 0.6 is 11.3 Å². The second kappa shape index (κ2) is 3.05. The van der Waals surface area contributed by atoms with Crippen molar-refractivity contribution in [3.63, 3.8) is 0 Å². The van der Waals surface area contributed by atoms with Gasteiger partial charge in [-0.2, -0.15) is 0 Å². The van der Waals surface area contributed by atoms with E-state index in [0.717, 1.165) is 24.5 Å². The molecule has 0 aromatic carbocycles. The van der Waals surface area contributed by atoms with E-state index in [1.165, 1.54) is 10.7 Å². The van der Waals surface area contributed by atoms with E-state index < -0.39 is 0 Å². The summed E-state index contributed by atoms with van der Waals surface area (Å²) in [7, 11) is 0. The zero-order valence-electron chi connectivity index (χ0n) is 7.46. The van der Waals surface area contributed by atoms with Crippen LogP contribution in [0.1, 0.15) is 36.9 Å². The molecule has 0 unspecified atom stereocenters. The number of hydrogen-bond donors (Lipinski definition) is 0. The highest BCUT2D eigenvalue weighted by molar-refractivity contribution is 7.13. The van der Waals surface area contributed by atoms with Crippen molar-refractivity contribution in [3.05, 3.63) is 10.7 Å². The van der Waals surface area contributed by atoms with Crippen molar-refractivity contribution in [1.29, 1.82) is 0 Å². The monoisotopic (exact) mass is 183 g/mol. The fraction of sp³-hybridized carbons (Fsp3) is 0.667. The molecule has 0 saturated carbocycles. The quantitative estimate of drug-likeness (QED) is 0.667.